The van der Waals surface area contributed by atoms with Crippen molar-refractivity contribution < 1.29 is 13.9 Å². The normalized spacial score (nSPS) is 19.1. The van der Waals surface area contributed by atoms with Gasteiger partial charge in [-0.25, -0.2) is 10.4 Å². The molecule has 3 aromatic rings. The number of aromatic nitrogens is 1. The number of hydrogen-bond donors (Lipinski definition) is 1. The van der Waals surface area contributed by atoms with Crippen molar-refractivity contribution in [2.24, 2.45) is 16.9 Å². The van der Waals surface area contributed by atoms with Gasteiger partial charge in [0.2, 0.25) is 11.8 Å². The van der Waals surface area contributed by atoms with Gasteiger partial charge in [-0.05, 0) is 56.7 Å². The van der Waals surface area contributed by atoms with Gasteiger partial charge in [-0.2, -0.15) is 5.10 Å². The summed E-state index contributed by atoms with van der Waals surface area (Å²) in [7, 11) is 0. The molecule has 0 unspecified atom stereocenters. The molecule has 1 amide bonds. The van der Waals surface area contributed by atoms with E-state index in [4.69, 9.17) is 9.15 Å². The molecule has 2 aromatic carbocycles. The maximum Gasteiger partial charge on any atom is 0.243 e. The first-order valence-corrected chi connectivity index (χ1v) is 10.5. The molecule has 0 radical (unpaired) electrons. The highest BCUT2D eigenvalue weighted by atomic mass is 16.5. The number of oxazole rings is 1. The standard InChI is InChI=1S/C24H27N3O3/c1-5-6-19-15(4)22(26-27-23(19)28)17-9-12-20-21(13-17)30-24(25-20)16-7-10-18(11-8-16)29-14(2)3/h7-15,19H,5-6H2,1-4H3,(H,27,28)/t15-,19-/m1/s1. The Hall–Kier alpha value is -3.15. The molecule has 0 aliphatic carbocycles. The van der Waals surface area contributed by atoms with Gasteiger partial charge in [0, 0.05) is 23.0 Å². The first-order valence-electron chi connectivity index (χ1n) is 10.5. The van der Waals surface area contributed by atoms with Crippen LogP contribution in [0.3, 0.4) is 0 Å². The quantitative estimate of drug-likeness (QED) is 0.614. The van der Waals surface area contributed by atoms with E-state index < -0.39 is 0 Å². The minimum atomic E-state index is -0.0601. The van der Waals surface area contributed by atoms with E-state index in [1.165, 1.54) is 0 Å². The second-order valence-electron chi connectivity index (χ2n) is 8.05. The van der Waals surface area contributed by atoms with Crippen LogP contribution < -0.4 is 10.2 Å². The number of hydrogen-bond acceptors (Lipinski definition) is 5. The number of amides is 1. The minimum absolute atomic E-state index is 0.000947. The highest BCUT2D eigenvalue weighted by Crippen LogP contribution is 2.30. The summed E-state index contributed by atoms with van der Waals surface area (Å²) >= 11 is 0. The van der Waals surface area contributed by atoms with Gasteiger partial charge < -0.3 is 9.15 Å². The van der Waals surface area contributed by atoms with E-state index in [9.17, 15) is 4.79 Å². The summed E-state index contributed by atoms with van der Waals surface area (Å²) in [6.45, 7) is 8.16. The van der Waals surface area contributed by atoms with Crippen molar-refractivity contribution in [2.45, 2.75) is 46.6 Å². The van der Waals surface area contributed by atoms with E-state index in [0.717, 1.165) is 40.9 Å². The van der Waals surface area contributed by atoms with E-state index >= 15 is 0 Å². The average Bonchev–Trinajstić information content (AvgIpc) is 3.14. The van der Waals surface area contributed by atoms with E-state index in [2.05, 4.69) is 29.4 Å². The highest BCUT2D eigenvalue weighted by molar-refractivity contribution is 6.07. The molecule has 0 bridgehead atoms. The number of ether oxygens (including phenoxy) is 1. The van der Waals surface area contributed by atoms with Gasteiger partial charge in [0.1, 0.15) is 11.3 Å². The number of carbonyl (C=O) groups is 1. The Morgan fingerprint density at radius 1 is 1.13 bits per heavy atom. The van der Waals surface area contributed by atoms with Crippen LogP contribution in [0.25, 0.3) is 22.6 Å². The lowest BCUT2D eigenvalue weighted by atomic mass is 9.82. The van der Waals surface area contributed by atoms with Gasteiger partial charge in [-0.3, -0.25) is 4.79 Å². The summed E-state index contributed by atoms with van der Waals surface area (Å²) in [5.74, 6) is 1.37. The van der Waals surface area contributed by atoms with Crippen LogP contribution in [0.4, 0.5) is 0 Å². The lowest BCUT2D eigenvalue weighted by molar-refractivity contribution is -0.126. The predicted octanol–water partition coefficient (Wildman–Crippen LogP) is 5.17. The fourth-order valence-corrected chi connectivity index (χ4v) is 3.89. The number of benzene rings is 2. The first-order chi connectivity index (χ1) is 14.5. The summed E-state index contributed by atoms with van der Waals surface area (Å²) in [6.07, 6.45) is 1.93. The van der Waals surface area contributed by atoms with Crippen molar-refractivity contribution in [1.29, 1.82) is 0 Å². The molecule has 1 aromatic heterocycles. The van der Waals surface area contributed by atoms with Crippen molar-refractivity contribution in [3.8, 4) is 17.2 Å². The second-order valence-corrected chi connectivity index (χ2v) is 8.05. The monoisotopic (exact) mass is 405 g/mol. The van der Waals surface area contributed by atoms with E-state index in [1.54, 1.807) is 0 Å². The molecule has 2 heterocycles. The fraction of sp³-hybridized carbons (Fsp3) is 0.375. The molecule has 0 saturated carbocycles. The molecule has 0 spiro atoms. The molecule has 2 atom stereocenters. The van der Waals surface area contributed by atoms with Gasteiger partial charge in [0.25, 0.3) is 0 Å². The third-order valence-electron chi connectivity index (χ3n) is 5.42. The highest BCUT2D eigenvalue weighted by Gasteiger charge is 2.32. The van der Waals surface area contributed by atoms with E-state index in [0.29, 0.717) is 11.5 Å². The molecule has 30 heavy (non-hydrogen) atoms. The second kappa shape index (κ2) is 8.30. The van der Waals surface area contributed by atoms with Crippen molar-refractivity contribution in [3.05, 3.63) is 48.0 Å². The molecule has 0 fully saturated rings. The van der Waals surface area contributed by atoms with Crippen molar-refractivity contribution in [1.82, 2.24) is 10.4 Å². The molecule has 6 heteroatoms. The van der Waals surface area contributed by atoms with Crippen molar-refractivity contribution >= 4 is 22.7 Å². The van der Waals surface area contributed by atoms with Crippen LogP contribution in [0, 0.1) is 11.8 Å². The number of hydrazone groups is 1. The summed E-state index contributed by atoms with van der Waals surface area (Å²) < 4.78 is 11.7. The Morgan fingerprint density at radius 3 is 2.57 bits per heavy atom. The number of fused-ring (bicyclic) bond motifs is 1. The van der Waals surface area contributed by atoms with Crippen LogP contribution in [-0.4, -0.2) is 22.7 Å². The smallest absolute Gasteiger partial charge is 0.243 e. The maximum atomic E-state index is 12.2. The maximum absolute atomic E-state index is 12.2. The summed E-state index contributed by atoms with van der Waals surface area (Å²) in [6, 6.07) is 13.6. The Bertz CT molecular complexity index is 1080. The number of carbonyl (C=O) groups excluding carboxylic acids is 1. The molecule has 4 rings (SSSR count). The molecule has 156 valence electrons. The lowest BCUT2D eigenvalue weighted by Gasteiger charge is -2.27. The number of rotatable bonds is 6. The van der Waals surface area contributed by atoms with Crippen LogP contribution >= 0.6 is 0 Å². The number of nitrogens with one attached hydrogen (secondary N) is 1. The zero-order valence-electron chi connectivity index (χ0n) is 17.8. The topological polar surface area (TPSA) is 76.7 Å². The van der Waals surface area contributed by atoms with Crippen LogP contribution in [-0.2, 0) is 4.79 Å². The predicted molar refractivity (Wildman–Crippen MR) is 117 cm³/mol. The SMILES string of the molecule is CCC[C@H]1C(=O)NN=C(c2ccc3nc(-c4ccc(OC(C)C)cc4)oc3c2)[C@@H]1C. The van der Waals surface area contributed by atoms with Crippen LogP contribution in [0.5, 0.6) is 5.75 Å². The largest absolute Gasteiger partial charge is 0.491 e. The molecular weight excluding hydrogens is 378 g/mol. The van der Waals surface area contributed by atoms with E-state index in [1.807, 2.05) is 56.3 Å². The van der Waals surface area contributed by atoms with Gasteiger partial charge in [0.15, 0.2) is 5.58 Å². The van der Waals surface area contributed by atoms with Crippen LogP contribution in [0.2, 0.25) is 0 Å². The summed E-state index contributed by atoms with van der Waals surface area (Å²) in [4.78, 5) is 16.8. The Kier molecular flexibility index (Phi) is 5.57. The third kappa shape index (κ3) is 3.95. The van der Waals surface area contributed by atoms with Gasteiger partial charge >= 0.3 is 0 Å². The molecular formula is C24H27N3O3. The van der Waals surface area contributed by atoms with Gasteiger partial charge in [-0.1, -0.05) is 26.3 Å². The van der Waals surface area contributed by atoms with E-state index in [-0.39, 0.29) is 23.8 Å². The lowest BCUT2D eigenvalue weighted by Crippen LogP contribution is -2.40. The average molecular weight is 405 g/mol. The fourth-order valence-electron chi connectivity index (χ4n) is 3.89. The Labute approximate surface area is 176 Å². The van der Waals surface area contributed by atoms with Gasteiger partial charge in [-0.15, -0.1) is 0 Å². The van der Waals surface area contributed by atoms with Crippen LogP contribution in [0.1, 0.15) is 46.1 Å². The van der Waals surface area contributed by atoms with Crippen molar-refractivity contribution in [2.75, 3.05) is 0 Å². The molecule has 1 N–H and O–H groups in total. The Morgan fingerprint density at radius 2 is 1.87 bits per heavy atom. The third-order valence-corrected chi connectivity index (χ3v) is 5.42. The van der Waals surface area contributed by atoms with Crippen LogP contribution in [0.15, 0.2) is 52.0 Å². The molecule has 6 nitrogen and oxygen atoms in total. The zero-order valence-corrected chi connectivity index (χ0v) is 17.8. The number of nitrogens with zero attached hydrogens (tertiary/aromatic N) is 2. The van der Waals surface area contributed by atoms with Gasteiger partial charge in [0.05, 0.1) is 11.8 Å². The minimum Gasteiger partial charge on any atom is -0.491 e. The molecule has 0 saturated heterocycles. The molecule has 1 aliphatic rings. The zero-order chi connectivity index (χ0) is 21.3. The first kappa shape index (κ1) is 20.1. The summed E-state index contributed by atoms with van der Waals surface area (Å²) in [5.41, 5.74) is 6.88. The summed E-state index contributed by atoms with van der Waals surface area (Å²) in [5, 5.41) is 4.34. The Balaban J connectivity index is 1.62. The van der Waals surface area contributed by atoms with Crippen molar-refractivity contribution in [3.63, 3.8) is 0 Å². The molecule has 1 aliphatic heterocycles.